The molecule has 0 N–H and O–H groups in total. The van der Waals surface area contributed by atoms with Gasteiger partial charge in [0.05, 0.1) is 11.0 Å². The van der Waals surface area contributed by atoms with E-state index >= 15 is 0 Å². The molecule has 10 heteroatoms. The van der Waals surface area contributed by atoms with Crippen LogP contribution < -0.4 is 5.56 Å². The third-order valence-electron chi connectivity index (χ3n) is 5.60. The van der Waals surface area contributed by atoms with Gasteiger partial charge < -0.3 is 13.8 Å². The number of aromatic nitrogens is 5. The lowest BCUT2D eigenvalue weighted by atomic mass is 10.1. The van der Waals surface area contributed by atoms with Crippen LogP contribution in [0, 0.1) is 17.1 Å². The summed E-state index contributed by atoms with van der Waals surface area (Å²) in [4.78, 5) is 22.3. The van der Waals surface area contributed by atoms with E-state index in [1.807, 2.05) is 19.9 Å². The van der Waals surface area contributed by atoms with Crippen molar-refractivity contribution in [1.29, 1.82) is 5.26 Å². The lowest BCUT2D eigenvalue weighted by Crippen LogP contribution is -2.26. The van der Waals surface area contributed by atoms with E-state index in [-0.39, 0.29) is 40.0 Å². The molecule has 3 aromatic heterocycles. The lowest BCUT2D eigenvalue weighted by Gasteiger charge is -2.18. The van der Waals surface area contributed by atoms with E-state index in [1.54, 1.807) is 13.8 Å². The van der Waals surface area contributed by atoms with Crippen molar-refractivity contribution in [2.75, 3.05) is 7.11 Å². The van der Waals surface area contributed by atoms with Gasteiger partial charge in [-0.05, 0) is 39.3 Å². The number of hydrogen-bond acceptors (Lipinski definition) is 7. The fraction of sp³-hybridized carbons (Fsp3) is 0.381. The average Bonchev–Trinajstić information content (AvgIpc) is 3.41. The first-order valence-electron chi connectivity index (χ1n) is 9.78. The number of hydrogen-bond donors (Lipinski definition) is 0. The highest BCUT2D eigenvalue weighted by molar-refractivity contribution is 5.87. The standard InChI is InChI=1S/C21H21FN6O3/c1-6-11(2)28-16-12(9-23)13(22)7-8-14(16)27-10-24-15(17(27)19(28)29)18-25-20(31-26-18)21(3,4)30-5/h7-8,10-11H,6H2,1-5H3. The summed E-state index contributed by atoms with van der Waals surface area (Å²) in [6, 6.07) is 4.34. The van der Waals surface area contributed by atoms with E-state index in [9.17, 15) is 14.4 Å². The molecule has 3 heterocycles. The molecule has 4 rings (SSSR count). The zero-order valence-electron chi connectivity index (χ0n) is 17.8. The van der Waals surface area contributed by atoms with Crippen molar-refractivity contribution in [2.45, 2.75) is 45.8 Å². The number of fused-ring (bicyclic) bond motifs is 3. The van der Waals surface area contributed by atoms with E-state index in [1.165, 1.54) is 34.5 Å². The van der Waals surface area contributed by atoms with Gasteiger partial charge in [-0.2, -0.15) is 10.2 Å². The van der Waals surface area contributed by atoms with Crippen LogP contribution in [0.15, 0.2) is 27.8 Å². The molecular formula is C21H21FN6O3. The van der Waals surface area contributed by atoms with Gasteiger partial charge in [-0.3, -0.25) is 9.20 Å². The Labute approximate surface area is 176 Å². The molecule has 0 spiro atoms. The third kappa shape index (κ3) is 3.00. The van der Waals surface area contributed by atoms with Gasteiger partial charge >= 0.3 is 0 Å². The average molecular weight is 424 g/mol. The Morgan fingerprint density at radius 1 is 1.35 bits per heavy atom. The molecule has 0 aliphatic carbocycles. The number of nitriles is 1. The second kappa shape index (κ2) is 7.28. The van der Waals surface area contributed by atoms with E-state index in [4.69, 9.17) is 9.26 Å². The third-order valence-corrected chi connectivity index (χ3v) is 5.60. The molecule has 31 heavy (non-hydrogen) atoms. The fourth-order valence-corrected chi connectivity index (χ4v) is 3.47. The van der Waals surface area contributed by atoms with Crippen LogP contribution >= 0.6 is 0 Å². The summed E-state index contributed by atoms with van der Waals surface area (Å²) in [5.74, 6) is -0.309. The molecule has 4 aromatic rings. The smallest absolute Gasteiger partial charge is 0.278 e. The van der Waals surface area contributed by atoms with Crippen LogP contribution in [-0.4, -0.2) is 31.2 Å². The summed E-state index contributed by atoms with van der Waals surface area (Å²) in [6.45, 7) is 7.30. The largest absolute Gasteiger partial charge is 0.369 e. The fourth-order valence-electron chi connectivity index (χ4n) is 3.47. The maximum absolute atomic E-state index is 14.4. The van der Waals surface area contributed by atoms with Crippen LogP contribution in [0.5, 0.6) is 0 Å². The van der Waals surface area contributed by atoms with Crippen LogP contribution in [0.25, 0.3) is 28.1 Å². The molecule has 0 bridgehead atoms. The Morgan fingerprint density at radius 3 is 2.74 bits per heavy atom. The molecule has 0 radical (unpaired) electrons. The Morgan fingerprint density at radius 2 is 2.10 bits per heavy atom. The minimum absolute atomic E-state index is 0.136. The number of methoxy groups -OCH3 is 1. The Bertz CT molecular complexity index is 1410. The highest BCUT2D eigenvalue weighted by Gasteiger charge is 2.29. The van der Waals surface area contributed by atoms with Gasteiger partial charge in [0.1, 0.15) is 40.6 Å². The second-order valence-electron chi connectivity index (χ2n) is 7.78. The number of benzene rings is 1. The molecule has 0 saturated carbocycles. The molecule has 0 amide bonds. The molecule has 1 atom stereocenters. The van der Waals surface area contributed by atoms with Crippen LogP contribution in [0.2, 0.25) is 0 Å². The molecule has 160 valence electrons. The monoisotopic (exact) mass is 424 g/mol. The van der Waals surface area contributed by atoms with Crippen LogP contribution in [-0.2, 0) is 10.3 Å². The van der Waals surface area contributed by atoms with Crippen molar-refractivity contribution in [3.63, 3.8) is 0 Å². The summed E-state index contributed by atoms with van der Waals surface area (Å²) in [5.41, 5.74) is -0.270. The molecule has 0 aliphatic rings. The SMILES string of the molecule is CCC(C)n1c(=O)c2c(-c3noc(C(C)(C)OC)n3)ncn2c2ccc(F)c(C#N)c21. The van der Waals surface area contributed by atoms with Gasteiger partial charge in [-0.15, -0.1) is 0 Å². The Balaban J connectivity index is 2.11. The molecular weight excluding hydrogens is 403 g/mol. The second-order valence-corrected chi connectivity index (χ2v) is 7.78. The molecule has 1 unspecified atom stereocenters. The molecule has 0 saturated heterocycles. The van der Waals surface area contributed by atoms with Crippen molar-refractivity contribution < 1.29 is 13.7 Å². The first-order valence-corrected chi connectivity index (χ1v) is 9.78. The summed E-state index contributed by atoms with van der Waals surface area (Å²) in [5, 5.41) is 13.6. The number of ether oxygens (including phenoxy) is 1. The maximum atomic E-state index is 14.4. The zero-order valence-corrected chi connectivity index (χ0v) is 17.8. The quantitative estimate of drug-likeness (QED) is 0.481. The van der Waals surface area contributed by atoms with Gasteiger partial charge in [-0.25, -0.2) is 9.37 Å². The summed E-state index contributed by atoms with van der Waals surface area (Å²) < 4.78 is 28.1. The highest BCUT2D eigenvalue weighted by Crippen LogP contribution is 2.29. The van der Waals surface area contributed by atoms with Crippen molar-refractivity contribution in [3.8, 4) is 17.6 Å². The Hall–Kier alpha value is -3.58. The van der Waals surface area contributed by atoms with Gasteiger partial charge in [-0.1, -0.05) is 12.1 Å². The normalized spacial score (nSPS) is 13.1. The van der Waals surface area contributed by atoms with E-state index in [0.717, 1.165) is 0 Å². The molecule has 0 aliphatic heterocycles. The van der Waals surface area contributed by atoms with Gasteiger partial charge in [0.15, 0.2) is 0 Å². The molecule has 9 nitrogen and oxygen atoms in total. The van der Waals surface area contributed by atoms with Crippen molar-refractivity contribution in [3.05, 3.63) is 46.1 Å². The van der Waals surface area contributed by atoms with E-state index in [2.05, 4.69) is 15.1 Å². The van der Waals surface area contributed by atoms with Gasteiger partial charge in [0.2, 0.25) is 5.82 Å². The van der Waals surface area contributed by atoms with Crippen molar-refractivity contribution >= 4 is 16.6 Å². The minimum atomic E-state index is -0.816. The topological polar surface area (TPSA) is 111 Å². The maximum Gasteiger partial charge on any atom is 0.278 e. The van der Waals surface area contributed by atoms with Crippen LogP contribution in [0.1, 0.15) is 51.6 Å². The predicted octanol–water partition coefficient (Wildman–Crippen LogP) is 3.56. The number of nitrogens with zero attached hydrogens (tertiary/aromatic N) is 6. The Kier molecular flexibility index (Phi) is 4.86. The van der Waals surface area contributed by atoms with Gasteiger partial charge in [0.25, 0.3) is 11.4 Å². The number of rotatable bonds is 5. The van der Waals surface area contributed by atoms with E-state index in [0.29, 0.717) is 11.9 Å². The summed E-state index contributed by atoms with van der Waals surface area (Å²) in [7, 11) is 1.53. The molecule has 1 aromatic carbocycles. The summed E-state index contributed by atoms with van der Waals surface area (Å²) >= 11 is 0. The van der Waals surface area contributed by atoms with Gasteiger partial charge in [0, 0.05) is 13.2 Å². The lowest BCUT2D eigenvalue weighted by molar-refractivity contribution is -0.00786. The number of imidazole rings is 1. The molecule has 0 fully saturated rings. The highest BCUT2D eigenvalue weighted by atomic mass is 19.1. The van der Waals surface area contributed by atoms with Crippen molar-refractivity contribution in [2.24, 2.45) is 0 Å². The van der Waals surface area contributed by atoms with Crippen LogP contribution in [0.4, 0.5) is 4.39 Å². The summed E-state index contributed by atoms with van der Waals surface area (Å²) in [6.07, 6.45) is 2.04. The first-order chi connectivity index (χ1) is 14.7. The predicted molar refractivity (Wildman–Crippen MR) is 110 cm³/mol. The van der Waals surface area contributed by atoms with Crippen molar-refractivity contribution in [1.82, 2.24) is 24.1 Å². The van der Waals surface area contributed by atoms with Crippen LogP contribution in [0.3, 0.4) is 0 Å². The van der Waals surface area contributed by atoms with E-state index < -0.39 is 17.0 Å². The zero-order chi connectivity index (χ0) is 22.5. The first kappa shape index (κ1) is 20.7. The minimum Gasteiger partial charge on any atom is -0.369 e. The number of halogens is 1.